The number of anilines is 2. The number of nitrogens with zero attached hydrogens (tertiary/aromatic N) is 1. The first-order valence-electron chi connectivity index (χ1n) is 6.62. The summed E-state index contributed by atoms with van der Waals surface area (Å²) in [5, 5.41) is 10.8. The SMILES string of the molecule is CC(C)(C)OCCONC(=O)c1cc([N+](=O)[O-])c(N)c(F)c1N. The largest absolute Gasteiger partial charge is 0.396 e. The van der Waals surface area contributed by atoms with E-state index in [9.17, 15) is 19.3 Å². The summed E-state index contributed by atoms with van der Waals surface area (Å²) in [6, 6.07) is 0.790. The molecule has 0 saturated carbocycles. The summed E-state index contributed by atoms with van der Waals surface area (Å²) in [4.78, 5) is 26.6. The van der Waals surface area contributed by atoms with Crippen molar-refractivity contribution in [3.8, 4) is 0 Å². The molecule has 10 heteroatoms. The number of rotatable bonds is 6. The fourth-order valence-electron chi connectivity index (χ4n) is 1.57. The molecule has 0 spiro atoms. The molecule has 1 aromatic carbocycles. The molecule has 0 saturated heterocycles. The predicted molar refractivity (Wildman–Crippen MR) is 81.0 cm³/mol. The summed E-state index contributed by atoms with van der Waals surface area (Å²) in [6.45, 7) is 5.78. The summed E-state index contributed by atoms with van der Waals surface area (Å²) in [7, 11) is 0. The number of nitrogens with one attached hydrogen (secondary N) is 1. The van der Waals surface area contributed by atoms with Crippen molar-refractivity contribution in [1.82, 2.24) is 5.48 Å². The van der Waals surface area contributed by atoms with Crippen LogP contribution in [0.2, 0.25) is 0 Å². The van der Waals surface area contributed by atoms with Gasteiger partial charge in [0.2, 0.25) is 0 Å². The summed E-state index contributed by atoms with van der Waals surface area (Å²) in [5.74, 6) is -2.15. The van der Waals surface area contributed by atoms with Crippen molar-refractivity contribution in [2.75, 3.05) is 24.7 Å². The van der Waals surface area contributed by atoms with E-state index in [0.717, 1.165) is 6.07 Å². The predicted octanol–water partition coefficient (Wildman–Crippen LogP) is 1.37. The van der Waals surface area contributed by atoms with Gasteiger partial charge in [-0.05, 0) is 20.8 Å². The Balaban J connectivity index is 2.75. The van der Waals surface area contributed by atoms with E-state index in [1.807, 2.05) is 26.3 Å². The number of nitrogen functional groups attached to an aromatic ring is 2. The summed E-state index contributed by atoms with van der Waals surface area (Å²) >= 11 is 0. The third-order valence-electron chi connectivity index (χ3n) is 2.65. The van der Waals surface area contributed by atoms with Crippen LogP contribution in [0.5, 0.6) is 0 Å². The summed E-state index contributed by atoms with van der Waals surface area (Å²) < 4.78 is 19.1. The average Bonchev–Trinajstić information content (AvgIpc) is 2.42. The molecular weight excluding hydrogens is 311 g/mol. The molecule has 0 bridgehead atoms. The lowest BCUT2D eigenvalue weighted by molar-refractivity contribution is -0.384. The van der Waals surface area contributed by atoms with Crippen molar-refractivity contribution in [1.29, 1.82) is 0 Å². The Morgan fingerprint density at radius 3 is 2.48 bits per heavy atom. The van der Waals surface area contributed by atoms with Crippen LogP contribution in [0.15, 0.2) is 6.07 Å². The van der Waals surface area contributed by atoms with E-state index < -0.39 is 39.3 Å². The van der Waals surface area contributed by atoms with Crippen molar-refractivity contribution in [2.24, 2.45) is 0 Å². The van der Waals surface area contributed by atoms with E-state index in [-0.39, 0.29) is 18.8 Å². The van der Waals surface area contributed by atoms with Crippen LogP contribution in [0.3, 0.4) is 0 Å². The third-order valence-corrected chi connectivity index (χ3v) is 2.65. The van der Waals surface area contributed by atoms with E-state index >= 15 is 0 Å². The van der Waals surface area contributed by atoms with E-state index in [1.165, 1.54) is 0 Å². The number of hydrogen-bond acceptors (Lipinski definition) is 7. The number of benzene rings is 1. The minimum absolute atomic E-state index is 0.0302. The Hall–Kier alpha value is -2.46. The number of nitro benzene ring substituents is 1. The Labute approximate surface area is 131 Å². The normalized spacial score (nSPS) is 11.3. The number of amides is 1. The van der Waals surface area contributed by atoms with Gasteiger partial charge >= 0.3 is 0 Å². The number of ether oxygens (including phenoxy) is 1. The number of carbonyl (C=O) groups is 1. The summed E-state index contributed by atoms with van der Waals surface area (Å²) in [6.07, 6.45) is 0. The van der Waals surface area contributed by atoms with Gasteiger partial charge in [0.25, 0.3) is 11.6 Å². The van der Waals surface area contributed by atoms with E-state index in [1.54, 1.807) is 0 Å². The van der Waals surface area contributed by atoms with Crippen LogP contribution in [0.4, 0.5) is 21.5 Å². The Bertz CT molecular complexity index is 615. The highest BCUT2D eigenvalue weighted by molar-refractivity contribution is 6.00. The number of halogens is 1. The van der Waals surface area contributed by atoms with Crippen molar-refractivity contribution >= 4 is 23.0 Å². The highest BCUT2D eigenvalue weighted by atomic mass is 19.1. The minimum Gasteiger partial charge on any atom is -0.396 e. The number of hydrogen-bond donors (Lipinski definition) is 3. The minimum atomic E-state index is -1.22. The molecule has 0 heterocycles. The molecule has 0 aliphatic rings. The van der Waals surface area contributed by atoms with Gasteiger partial charge in [-0.3, -0.25) is 19.7 Å². The standard InChI is InChI=1S/C13H19FN4O5/c1-13(2,3)22-4-5-23-17-12(19)7-6-8(18(20)21)11(16)9(14)10(7)15/h6H,4-5,15-16H2,1-3H3,(H,17,19). The van der Waals surface area contributed by atoms with Crippen molar-refractivity contribution in [3.63, 3.8) is 0 Å². The molecule has 1 rings (SSSR count). The van der Waals surface area contributed by atoms with E-state index in [0.29, 0.717) is 0 Å². The first kappa shape index (κ1) is 18.6. The van der Waals surface area contributed by atoms with E-state index in [2.05, 4.69) is 0 Å². The van der Waals surface area contributed by atoms with Crippen LogP contribution in [-0.4, -0.2) is 29.6 Å². The molecule has 0 aliphatic heterocycles. The molecule has 1 amide bonds. The van der Waals surface area contributed by atoms with Crippen LogP contribution in [0.25, 0.3) is 0 Å². The average molecular weight is 330 g/mol. The third kappa shape index (κ3) is 5.04. The smallest absolute Gasteiger partial charge is 0.296 e. The molecule has 5 N–H and O–H groups in total. The zero-order valence-corrected chi connectivity index (χ0v) is 13.0. The van der Waals surface area contributed by atoms with Gasteiger partial charge in [0.15, 0.2) is 5.82 Å². The number of nitro groups is 1. The summed E-state index contributed by atoms with van der Waals surface area (Å²) in [5.41, 5.74) is 9.80. The second-order valence-electron chi connectivity index (χ2n) is 5.58. The maximum absolute atomic E-state index is 13.8. The van der Waals surface area contributed by atoms with Gasteiger partial charge in [-0.2, -0.15) is 0 Å². The second-order valence-corrected chi connectivity index (χ2v) is 5.58. The fraction of sp³-hybridized carbons (Fsp3) is 0.462. The van der Waals surface area contributed by atoms with Gasteiger partial charge in [0.05, 0.1) is 35.0 Å². The molecule has 9 nitrogen and oxygen atoms in total. The Kier molecular flexibility index (Phi) is 5.82. The topological polar surface area (TPSA) is 143 Å². The van der Waals surface area contributed by atoms with Gasteiger partial charge in [-0.15, -0.1) is 0 Å². The fourth-order valence-corrected chi connectivity index (χ4v) is 1.57. The molecule has 0 aromatic heterocycles. The molecule has 128 valence electrons. The monoisotopic (exact) mass is 330 g/mol. The molecule has 0 atom stereocenters. The maximum atomic E-state index is 13.8. The molecule has 23 heavy (non-hydrogen) atoms. The van der Waals surface area contributed by atoms with Crippen LogP contribution in [0, 0.1) is 15.9 Å². The lowest BCUT2D eigenvalue weighted by Gasteiger charge is -2.19. The molecule has 0 aliphatic carbocycles. The first-order valence-corrected chi connectivity index (χ1v) is 6.62. The Morgan fingerprint density at radius 2 is 1.96 bits per heavy atom. The lowest BCUT2D eigenvalue weighted by atomic mass is 10.1. The molecule has 0 radical (unpaired) electrons. The van der Waals surface area contributed by atoms with Gasteiger partial charge in [0.1, 0.15) is 5.69 Å². The zero-order valence-electron chi connectivity index (χ0n) is 13.0. The van der Waals surface area contributed by atoms with Gasteiger partial charge in [-0.1, -0.05) is 0 Å². The molecule has 1 aromatic rings. The molecule has 0 unspecified atom stereocenters. The van der Waals surface area contributed by atoms with Crippen molar-refractivity contribution in [2.45, 2.75) is 26.4 Å². The highest BCUT2D eigenvalue weighted by Crippen LogP contribution is 2.31. The Morgan fingerprint density at radius 1 is 1.35 bits per heavy atom. The van der Waals surface area contributed by atoms with Crippen LogP contribution >= 0.6 is 0 Å². The highest BCUT2D eigenvalue weighted by Gasteiger charge is 2.25. The second kappa shape index (κ2) is 7.20. The van der Waals surface area contributed by atoms with Crippen molar-refractivity contribution in [3.05, 3.63) is 27.6 Å². The van der Waals surface area contributed by atoms with Gasteiger partial charge < -0.3 is 16.2 Å². The van der Waals surface area contributed by atoms with Gasteiger partial charge in [-0.25, -0.2) is 9.87 Å². The van der Waals surface area contributed by atoms with Crippen molar-refractivity contribution < 1.29 is 23.7 Å². The lowest BCUT2D eigenvalue weighted by Crippen LogP contribution is -2.28. The van der Waals surface area contributed by atoms with Gasteiger partial charge in [0, 0.05) is 6.07 Å². The number of carbonyl (C=O) groups excluding carboxylic acids is 1. The first-order chi connectivity index (χ1) is 10.5. The molecular formula is C13H19FN4O5. The van der Waals surface area contributed by atoms with Crippen LogP contribution < -0.4 is 16.9 Å². The number of nitrogens with two attached hydrogens (primary N) is 2. The maximum Gasteiger partial charge on any atom is 0.296 e. The molecule has 0 fully saturated rings. The number of hydroxylamine groups is 1. The van der Waals surface area contributed by atoms with Crippen LogP contribution in [0.1, 0.15) is 31.1 Å². The van der Waals surface area contributed by atoms with E-state index in [4.69, 9.17) is 21.0 Å². The zero-order chi connectivity index (χ0) is 17.8. The van der Waals surface area contributed by atoms with Crippen LogP contribution in [-0.2, 0) is 9.57 Å². The quantitative estimate of drug-likeness (QED) is 0.309.